The highest BCUT2D eigenvalue weighted by Crippen LogP contribution is 2.45. The predicted octanol–water partition coefficient (Wildman–Crippen LogP) is 3.80. The fourth-order valence-corrected chi connectivity index (χ4v) is 4.85. The summed E-state index contributed by atoms with van der Waals surface area (Å²) in [5.41, 5.74) is 2.71. The Morgan fingerprint density at radius 2 is 1.67 bits per heavy atom. The molecule has 0 saturated carbocycles. The van der Waals surface area contributed by atoms with Crippen molar-refractivity contribution in [2.75, 3.05) is 39.1 Å². The van der Waals surface area contributed by atoms with Gasteiger partial charge in [-0.15, -0.1) is 0 Å². The van der Waals surface area contributed by atoms with Crippen LogP contribution in [0, 0.1) is 0 Å². The van der Waals surface area contributed by atoms with Crippen molar-refractivity contribution in [3.8, 4) is 0 Å². The van der Waals surface area contributed by atoms with Gasteiger partial charge < -0.3 is 9.80 Å². The van der Waals surface area contributed by atoms with Gasteiger partial charge >= 0.3 is 0 Å². The number of hydrogen-bond donors (Lipinski definition) is 0. The number of halogens is 1. The molecule has 1 amide bonds. The van der Waals surface area contributed by atoms with E-state index in [1.165, 1.54) is 5.56 Å². The van der Waals surface area contributed by atoms with Crippen LogP contribution in [0.3, 0.4) is 0 Å². The molecule has 2 heterocycles. The zero-order chi connectivity index (χ0) is 19.2. The molecule has 4 nitrogen and oxygen atoms in total. The third kappa shape index (κ3) is 2.96. The van der Waals surface area contributed by atoms with Crippen molar-refractivity contribution in [2.24, 2.45) is 0 Å². The first-order chi connectivity index (χ1) is 12.9. The number of likely N-dealkylation sites (N-methyl/N-ethyl adjacent to an activating group) is 2. The molecule has 0 aliphatic carbocycles. The van der Waals surface area contributed by atoms with Crippen LogP contribution in [0.25, 0.3) is 0 Å². The predicted molar refractivity (Wildman–Crippen MR) is 110 cm³/mol. The maximum atomic E-state index is 13.7. The minimum absolute atomic E-state index is 0.0165. The van der Waals surface area contributed by atoms with Crippen LogP contribution in [0.4, 0.5) is 5.69 Å². The molecular formula is C22H26ClN3O. The molecule has 2 aliphatic heterocycles. The molecule has 1 spiro atoms. The van der Waals surface area contributed by atoms with E-state index >= 15 is 0 Å². The van der Waals surface area contributed by atoms with E-state index in [4.69, 9.17) is 11.6 Å². The largest absolute Gasteiger partial charge is 0.314 e. The van der Waals surface area contributed by atoms with Crippen molar-refractivity contribution < 1.29 is 4.79 Å². The van der Waals surface area contributed by atoms with Gasteiger partial charge in [0.15, 0.2) is 0 Å². The number of likely N-dealkylation sites (tertiary alicyclic amines) is 1. The van der Waals surface area contributed by atoms with Crippen molar-refractivity contribution in [1.29, 1.82) is 0 Å². The molecular weight excluding hydrogens is 358 g/mol. The summed E-state index contributed by atoms with van der Waals surface area (Å²) in [6, 6.07) is 16.3. The molecule has 0 aromatic heterocycles. The minimum Gasteiger partial charge on any atom is -0.314 e. The van der Waals surface area contributed by atoms with E-state index in [1.54, 1.807) is 0 Å². The molecule has 2 aromatic carbocycles. The molecule has 5 heteroatoms. The standard InChI is InChI=1S/C22H26ClN3O/c1-24-13-11-22(12-14-24)21(27)25(2)19-10-9-17(23)15-18(19)20(26(22)3)16-7-5-4-6-8-16/h4-10,15,20H,11-14H2,1-3H3. The molecule has 0 N–H and O–H groups in total. The van der Waals surface area contributed by atoms with Gasteiger partial charge in [0, 0.05) is 30.8 Å². The monoisotopic (exact) mass is 383 g/mol. The van der Waals surface area contributed by atoms with Gasteiger partial charge in [-0.05, 0) is 56.3 Å². The fourth-order valence-electron chi connectivity index (χ4n) is 4.67. The van der Waals surface area contributed by atoms with Crippen molar-refractivity contribution >= 4 is 23.2 Å². The lowest BCUT2D eigenvalue weighted by Gasteiger charge is -2.47. The second kappa shape index (κ2) is 6.93. The highest BCUT2D eigenvalue weighted by Gasteiger charge is 2.51. The number of hydrogen-bond acceptors (Lipinski definition) is 3. The molecule has 1 fully saturated rings. The Hall–Kier alpha value is -1.88. The lowest BCUT2D eigenvalue weighted by Crippen LogP contribution is -2.61. The lowest BCUT2D eigenvalue weighted by molar-refractivity contribution is -0.133. The third-order valence-corrected chi connectivity index (χ3v) is 6.58. The van der Waals surface area contributed by atoms with Crippen LogP contribution in [0.5, 0.6) is 0 Å². The molecule has 2 aromatic rings. The van der Waals surface area contributed by atoms with Crippen LogP contribution in [-0.2, 0) is 4.79 Å². The molecule has 142 valence electrons. The Balaban J connectivity index is 1.93. The van der Waals surface area contributed by atoms with E-state index in [1.807, 2.05) is 36.2 Å². The van der Waals surface area contributed by atoms with Crippen LogP contribution in [0.2, 0.25) is 5.02 Å². The number of amides is 1. The number of fused-ring (bicyclic) bond motifs is 1. The zero-order valence-corrected chi connectivity index (χ0v) is 16.9. The van der Waals surface area contributed by atoms with Gasteiger partial charge in [-0.1, -0.05) is 41.9 Å². The second-order valence-corrected chi connectivity index (χ2v) is 8.26. The first-order valence-corrected chi connectivity index (χ1v) is 9.86. The van der Waals surface area contributed by atoms with Crippen molar-refractivity contribution in [3.05, 3.63) is 64.7 Å². The van der Waals surface area contributed by atoms with Crippen molar-refractivity contribution in [1.82, 2.24) is 9.80 Å². The van der Waals surface area contributed by atoms with Crippen molar-refractivity contribution in [3.63, 3.8) is 0 Å². The summed E-state index contributed by atoms with van der Waals surface area (Å²) in [7, 11) is 6.13. The van der Waals surface area contributed by atoms with E-state index in [0.29, 0.717) is 5.02 Å². The van der Waals surface area contributed by atoms with Crippen molar-refractivity contribution in [2.45, 2.75) is 24.4 Å². The number of benzene rings is 2. The quantitative estimate of drug-likeness (QED) is 0.749. The lowest BCUT2D eigenvalue weighted by atomic mass is 9.83. The van der Waals surface area contributed by atoms with Gasteiger partial charge in [0.1, 0.15) is 5.54 Å². The first kappa shape index (κ1) is 18.5. The SMILES string of the molecule is CN1CCC2(CC1)C(=O)N(C)c1ccc(Cl)cc1C(c1ccccc1)N2C. The minimum atomic E-state index is -0.507. The smallest absolute Gasteiger partial charge is 0.247 e. The van der Waals surface area contributed by atoms with Gasteiger partial charge in [-0.2, -0.15) is 0 Å². The normalized spacial score (nSPS) is 23.3. The van der Waals surface area contributed by atoms with Gasteiger partial charge in [0.05, 0.1) is 6.04 Å². The van der Waals surface area contributed by atoms with E-state index in [9.17, 15) is 4.79 Å². The number of nitrogens with zero attached hydrogens (tertiary/aromatic N) is 3. The van der Waals surface area contributed by atoms with Crippen LogP contribution in [0.15, 0.2) is 48.5 Å². The van der Waals surface area contributed by atoms with Crippen LogP contribution >= 0.6 is 11.6 Å². The highest BCUT2D eigenvalue weighted by atomic mass is 35.5. The summed E-state index contributed by atoms with van der Waals surface area (Å²) >= 11 is 6.38. The molecule has 1 saturated heterocycles. The second-order valence-electron chi connectivity index (χ2n) is 7.83. The Morgan fingerprint density at radius 1 is 1.00 bits per heavy atom. The summed E-state index contributed by atoms with van der Waals surface area (Å²) in [6.07, 6.45) is 1.66. The number of piperidine rings is 1. The van der Waals surface area contributed by atoms with Gasteiger partial charge in [-0.3, -0.25) is 9.69 Å². The Morgan fingerprint density at radius 3 is 2.33 bits per heavy atom. The average molecular weight is 384 g/mol. The molecule has 1 atom stereocenters. The summed E-state index contributed by atoms with van der Waals surface area (Å²) in [4.78, 5) is 20.1. The van der Waals surface area contributed by atoms with E-state index in [0.717, 1.165) is 37.2 Å². The van der Waals surface area contributed by atoms with E-state index in [2.05, 4.69) is 48.2 Å². The average Bonchev–Trinajstić information content (AvgIpc) is 2.74. The number of carbonyl (C=O) groups excluding carboxylic acids is 1. The summed E-state index contributed by atoms with van der Waals surface area (Å²) in [5.74, 6) is 0.181. The van der Waals surface area contributed by atoms with Crippen LogP contribution in [-0.4, -0.2) is 55.5 Å². The third-order valence-electron chi connectivity index (χ3n) is 6.34. The maximum Gasteiger partial charge on any atom is 0.247 e. The highest BCUT2D eigenvalue weighted by molar-refractivity contribution is 6.30. The topological polar surface area (TPSA) is 26.8 Å². The molecule has 4 rings (SSSR count). The Kier molecular flexibility index (Phi) is 4.75. The summed E-state index contributed by atoms with van der Waals surface area (Å²) < 4.78 is 0. The Bertz CT molecular complexity index is 846. The molecule has 0 radical (unpaired) electrons. The first-order valence-electron chi connectivity index (χ1n) is 9.48. The maximum absolute atomic E-state index is 13.7. The van der Waals surface area contributed by atoms with Gasteiger partial charge in [0.25, 0.3) is 0 Å². The van der Waals surface area contributed by atoms with Crippen LogP contribution in [0.1, 0.15) is 30.0 Å². The van der Waals surface area contributed by atoms with E-state index < -0.39 is 5.54 Å². The van der Waals surface area contributed by atoms with Gasteiger partial charge in [0.2, 0.25) is 5.91 Å². The van der Waals surface area contributed by atoms with Crippen LogP contribution < -0.4 is 4.90 Å². The molecule has 1 unspecified atom stereocenters. The molecule has 0 bridgehead atoms. The summed E-state index contributed by atoms with van der Waals surface area (Å²) in [5, 5.41) is 0.697. The van der Waals surface area contributed by atoms with E-state index in [-0.39, 0.29) is 11.9 Å². The van der Waals surface area contributed by atoms with Gasteiger partial charge in [-0.25, -0.2) is 0 Å². The molecule has 2 aliphatic rings. The fraction of sp³-hybridized carbons (Fsp3) is 0.409. The Labute approximate surface area is 166 Å². The number of carbonyl (C=O) groups is 1. The summed E-state index contributed by atoms with van der Waals surface area (Å²) in [6.45, 7) is 1.84. The number of anilines is 1. The number of rotatable bonds is 1. The molecule has 27 heavy (non-hydrogen) atoms. The zero-order valence-electron chi connectivity index (χ0n) is 16.2.